The molecule has 0 aromatic rings. The molecule has 0 aliphatic heterocycles. The number of aliphatic carboxylic acids is 3. The summed E-state index contributed by atoms with van der Waals surface area (Å²) >= 11 is 0. The molecule has 0 heterocycles. The zero-order valence-electron chi connectivity index (χ0n) is 12.0. The molecule has 0 saturated carbocycles. The normalized spacial score (nSPS) is 11.7. The number of aliphatic hydroxyl groups is 3. The van der Waals surface area contributed by atoms with Crippen LogP contribution >= 0.6 is 0 Å². The predicted octanol–water partition coefficient (Wildman–Crippen LogP) is -9.20. The zero-order valence-corrected chi connectivity index (χ0v) is 15.2. The number of carbonyl (C=O) groups excluding carboxylic acids is 3. The Morgan fingerprint density at radius 3 is 0.762 bits per heavy atom. The monoisotopic (exact) mass is 334 g/mol. The van der Waals surface area contributed by atoms with Crippen molar-refractivity contribution in [2.24, 2.45) is 0 Å². The molecule has 4 N–H and O–H groups in total. The second kappa shape index (κ2) is 22.1. The number of aliphatic hydroxyl groups excluding tert-OH is 3. The van der Waals surface area contributed by atoms with Crippen LogP contribution in [0.1, 0.15) is 20.8 Å². The summed E-state index contributed by atoms with van der Waals surface area (Å²) in [5, 5.41) is 51.9. The molecular formula is C9H16AlNaO10. The Morgan fingerprint density at radius 2 is 0.762 bits per heavy atom. The zero-order chi connectivity index (χ0) is 15.5. The van der Waals surface area contributed by atoms with Crippen LogP contribution in [0, 0.1) is 0 Å². The maximum Gasteiger partial charge on any atom is 3.00 e. The van der Waals surface area contributed by atoms with Gasteiger partial charge in [-0.3, -0.25) is 0 Å². The number of hydrogen-bond acceptors (Lipinski definition) is 10. The van der Waals surface area contributed by atoms with Crippen LogP contribution in [-0.4, -0.2) is 74.4 Å². The Labute approximate surface area is 154 Å². The maximum atomic E-state index is 9.34. The Hall–Kier alpha value is -0.218. The van der Waals surface area contributed by atoms with Crippen molar-refractivity contribution < 1.29 is 80.1 Å². The van der Waals surface area contributed by atoms with Gasteiger partial charge in [0, 0.05) is 0 Å². The molecule has 0 radical (unpaired) electrons. The predicted molar refractivity (Wildman–Crippen MR) is 57.8 cm³/mol. The quantitative estimate of drug-likeness (QED) is 0.414. The Morgan fingerprint density at radius 1 is 0.714 bits per heavy atom. The van der Waals surface area contributed by atoms with Crippen molar-refractivity contribution in [3.05, 3.63) is 0 Å². The van der Waals surface area contributed by atoms with Gasteiger partial charge in [-0.25, -0.2) is 0 Å². The first-order chi connectivity index (χ1) is 7.93. The van der Waals surface area contributed by atoms with E-state index in [1.807, 2.05) is 0 Å². The fraction of sp³-hybridized carbons (Fsp3) is 0.667. The van der Waals surface area contributed by atoms with Crippen molar-refractivity contribution >= 4 is 35.3 Å². The molecule has 0 amide bonds. The molecule has 0 spiro atoms. The van der Waals surface area contributed by atoms with Crippen LogP contribution < -0.4 is 44.9 Å². The van der Waals surface area contributed by atoms with Crippen molar-refractivity contribution in [3.63, 3.8) is 0 Å². The summed E-state index contributed by atoms with van der Waals surface area (Å²) in [4.78, 5) is 28.0. The molecule has 116 valence electrons. The summed E-state index contributed by atoms with van der Waals surface area (Å²) in [5.41, 5.74) is 0. The van der Waals surface area contributed by atoms with Crippen LogP contribution in [0.15, 0.2) is 0 Å². The van der Waals surface area contributed by atoms with Gasteiger partial charge < -0.3 is 50.5 Å². The van der Waals surface area contributed by atoms with Gasteiger partial charge in [-0.05, 0) is 20.8 Å². The molecule has 0 aromatic carbocycles. The van der Waals surface area contributed by atoms with Crippen LogP contribution in [0.2, 0.25) is 0 Å². The van der Waals surface area contributed by atoms with Crippen molar-refractivity contribution in [3.8, 4) is 0 Å². The minimum absolute atomic E-state index is 0. The minimum atomic E-state index is -1.44. The summed E-state index contributed by atoms with van der Waals surface area (Å²) in [6, 6.07) is 0. The SMILES string of the molecule is CC(O)C(=O)[O-].CC(O)C(=O)[O-].CC(O)C(=O)[O-].[Al+3].[Na+].[OH-]. The van der Waals surface area contributed by atoms with Crippen molar-refractivity contribution in [2.45, 2.75) is 39.1 Å². The standard InChI is InChI=1S/3C3H6O3.Al.Na.H2O/c3*1-2(4)3(5)6;;;/h3*2,4H,1H3,(H,5,6);;;1H2/q;;;+3;+1;/p-4. The van der Waals surface area contributed by atoms with Crippen molar-refractivity contribution in [2.75, 3.05) is 0 Å². The average molecular weight is 334 g/mol. The Kier molecular flexibility index (Phi) is 39.1. The third-order valence-corrected chi connectivity index (χ3v) is 1.02. The molecule has 0 aliphatic carbocycles. The first kappa shape index (κ1) is 37.2. The summed E-state index contributed by atoms with van der Waals surface area (Å²) < 4.78 is 0. The topological polar surface area (TPSA) is 211 Å². The fourth-order valence-corrected chi connectivity index (χ4v) is 0. The van der Waals surface area contributed by atoms with Gasteiger partial charge in [0.1, 0.15) is 0 Å². The van der Waals surface area contributed by atoms with E-state index in [-0.39, 0.29) is 52.4 Å². The molecule has 0 fully saturated rings. The fourth-order valence-electron chi connectivity index (χ4n) is 0. The Balaban J connectivity index is -0.0000000375. The van der Waals surface area contributed by atoms with Crippen molar-refractivity contribution in [1.82, 2.24) is 0 Å². The molecule has 0 aliphatic rings. The average Bonchev–Trinajstić information content (AvgIpc) is 2.18. The molecule has 0 rings (SSSR count). The summed E-state index contributed by atoms with van der Waals surface area (Å²) in [6.45, 7) is 3.40. The summed E-state index contributed by atoms with van der Waals surface area (Å²) in [6.07, 6.45) is -4.03. The molecule has 21 heavy (non-hydrogen) atoms. The van der Waals surface area contributed by atoms with E-state index in [0.717, 1.165) is 20.8 Å². The Bertz CT molecular complexity index is 226. The second-order valence-corrected chi connectivity index (χ2v) is 2.99. The summed E-state index contributed by atoms with van der Waals surface area (Å²) in [5.74, 6) is -4.31. The van der Waals surface area contributed by atoms with E-state index in [1.54, 1.807) is 0 Å². The van der Waals surface area contributed by atoms with Crippen molar-refractivity contribution in [1.29, 1.82) is 0 Å². The smallest absolute Gasteiger partial charge is 0.870 e. The minimum Gasteiger partial charge on any atom is -0.870 e. The van der Waals surface area contributed by atoms with Gasteiger partial charge in [0.15, 0.2) is 0 Å². The largest absolute Gasteiger partial charge is 3.00 e. The molecule has 3 atom stereocenters. The van der Waals surface area contributed by atoms with E-state index in [1.165, 1.54) is 0 Å². The van der Waals surface area contributed by atoms with E-state index in [0.29, 0.717) is 0 Å². The molecular weight excluding hydrogens is 318 g/mol. The first-order valence-electron chi connectivity index (χ1n) is 4.60. The van der Waals surface area contributed by atoms with E-state index in [2.05, 4.69) is 0 Å². The molecule has 0 saturated heterocycles. The van der Waals surface area contributed by atoms with E-state index < -0.39 is 36.2 Å². The number of hydrogen-bond donors (Lipinski definition) is 3. The van der Waals surface area contributed by atoms with Gasteiger partial charge in [-0.15, -0.1) is 0 Å². The molecule has 12 heteroatoms. The molecule has 10 nitrogen and oxygen atoms in total. The number of carbonyl (C=O) groups is 3. The van der Waals surface area contributed by atoms with Crippen LogP contribution in [-0.2, 0) is 14.4 Å². The van der Waals surface area contributed by atoms with Gasteiger partial charge in [-0.1, -0.05) is 0 Å². The number of rotatable bonds is 3. The van der Waals surface area contributed by atoms with E-state index >= 15 is 0 Å². The van der Waals surface area contributed by atoms with Gasteiger partial charge >= 0.3 is 46.9 Å². The maximum absolute atomic E-state index is 9.34. The van der Waals surface area contributed by atoms with Crippen LogP contribution in [0.3, 0.4) is 0 Å². The third kappa shape index (κ3) is 45.1. The van der Waals surface area contributed by atoms with E-state index in [9.17, 15) is 29.7 Å². The number of carboxylic acid groups (broad SMARTS) is 3. The molecule has 0 bridgehead atoms. The van der Waals surface area contributed by atoms with Crippen LogP contribution in [0.5, 0.6) is 0 Å². The van der Waals surface area contributed by atoms with Gasteiger partial charge in [0.25, 0.3) is 0 Å². The third-order valence-electron chi connectivity index (χ3n) is 1.02. The molecule has 0 aromatic heterocycles. The van der Waals surface area contributed by atoms with Crippen LogP contribution in [0.4, 0.5) is 0 Å². The first-order valence-corrected chi connectivity index (χ1v) is 4.60. The number of carboxylic acids is 3. The summed E-state index contributed by atoms with van der Waals surface area (Å²) in [7, 11) is 0. The van der Waals surface area contributed by atoms with Gasteiger partial charge in [0.2, 0.25) is 0 Å². The molecule has 3 unspecified atom stereocenters. The van der Waals surface area contributed by atoms with Gasteiger partial charge in [-0.2, -0.15) is 0 Å². The van der Waals surface area contributed by atoms with Crippen LogP contribution in [0.25, 0.3) is 0 Å². The second-order valence-electron chi connectivity index (χ2n) is 2.99. The van der Waals surface area contributed by atoms with E-state index in [4.69, 9.17) is 15.3 Å². The van der Waals surface area contributed by atoms with Gasteiger partial charge in [0.05, 0.1) is 36.2 Å².